The minimum absolute atomic E-state index is 0.520. The predicted octanol–water partition coefficient (Wildman–Crippen LogP) is 1.53. The lowest BCUT2D eigenvalue weighted by Gasteiger charge is -2.21. The number of likely N-dealkylation sites (tertiary alicyclic amines) is 1. The van der Waals surface area contributed by atoms with Crippen molar-refractivity contribution >= 4 is 15.9 Å². The summed E-state index contributed by atoms with van der Waals surface area (Å²) >= 11 is 3.49. The van der Waals surface area contributed by atoms with Gasteiger partial charge < -0.3 is 5.11 Å². The quantitative estimate of drug-likeness (QED) is 0.878. The molecular formula is C14H14BrN5O. The number of nitriles is 1. The Morgan fingerprint density at radius 2 is 2.38 bits per heavy atom. The van der Waals surface area contributed by atoms with Crippen LogP contribution in [-0.4, -0.2) is 38.5 Å². The summed E-state index contributed by atoms with van der Waals surface area (Å²) in [5, 5.41) is 29.8. The third-order valence-electron chi connectivity index (χ3n) is 3.79. The lowest BCUT2D eigenvalue weighted by atomic mass is 10.00. The Labute approximate surface area is 130 Å². The van der Waals surface area contributed by atoms with Crippen LogP contribution in [0.3, 0.4) is 0 Å². The molecule has 2 N–H and O–H groups in total. The Bertz CT molecular complexity index is 681. The molecule has 7 heteroatoms. The van der Waals surface area contributed by atoms with Gasteiger partial charge in [0.15, 0.2) is 0 Å². The molecular weight excluding hydrogens is 334 g/mol. The van der Waals surface area contributed by atoms with Crippen molar-refractivity contribution in [3.8, 4) is 6.07 Å². The number of hydrogen-bond acceptors (Lipinski definition) is 5. The number of aromatic amines is 1. The maximum absolute atomic E-state index is 10.6. The van der Waals surface area contributed by atoms with E-state index in [4.69, 9.17) is 5.26 Å². The number of nitrogens with zero attached hydrogens (tertiary/aromatic N) is 4. The van der Waals surface area contributed by atoms with Gasteiger partial charge in [0.25, 0.3) is 0 Å². The van der Waals surface area contributed by atoms with E-state index in [1.807, 2.05) is 12.1 Å². The second-order valence-corrected chi connectivity index (χ2v) is 6.12. The van der Waals surface area contributed by atoms with Crippen LogP contribution in [0.1, 0.15) is 23.2 Å². The van der Waals surface area contributed by atoms with Gasteiger partial charge in [0, 0.05) is 24.1 Å². The van der Waals surface area contributed by atoms with E-state index in [1.54, 1.807) is 12.3 Å². The summed E-state index contributed by atoms with van der Waals surface area (Å²) in [6, 6.07) is 7.68. The van der Waals surface area contributed by atoms with Gasteiger partial charge in [-0.25, -0.2) is 0 Å². The molecule has 6 nitrogen and oxygen atoms in total. The number of aliphatic hydroxyl groups is 1. The van der Waals surface area contributed by atoms with Gasteiger partial charge in [-0.05, 0) is 24.1 Å². The van der Waals surface area contributed by atoms with Gasteiger partial charge in [0.05, 0.1) is 17.8 Å². The molecule has 2 heterocycles. The summed E-state index contributed by atoms with van der Waals surface area (Å²) in [5.74, 6) is 0. The zero-order chi connectivity index (χ0) is 14.9. The lowest BCUT2D eigenvalue weighted by molar-refractivity contribution is 0.0408. The number of nitrogens with one attached hydrogen (secondary N) is 1. The van der Waals surface area contributed by atoms with Crippen LogP contribution in [0.15, 0.2) is 28.9 Å². The van der Waals surface area contributed by atoms with Crippen molar-refractivity contribution in [1.29, 1.82) is 5.26 Å². The van der Waals surface area contributed by atoms with Crippen molar-refractivity contribution in [2.75, 3.05) is 13.1 Å². The highest BCUT2D eigenvalue weighted by molar-refractivity contribution is 9.10. The van der Waals surface area contributed by atoms with E-state index in [0.717, 1.165) is 16.6 Å². The van der Waals surface area contributed by atoms with Gasteiger partial charge in [0.1, 0.15) is 11.3 Å². The third kappa shape index (κ3) is 2.83. The summed E-state index contributed by atoms with van der Waals surface area (Å²) in [4.78, 5) is 2.17. The summed E-state index contributed by atoms with van der Waals surface area (Å²) in [6.07, 6.45) is 2.20. The molecule has 1 fully saturated rings. The fraction of sp³-hybridized carbons (Fsp3) is 0.357. The average molecular weight is 348 g/mol. The minimum atomic E-state index is -0.938. The van der Waals surface area contributed by atoms with Gasteiger partial charge >= 0.3 is 0 Å². The fourth-order valence-corrected chi connectivity index (χ4v) is 3.13. The van der Waals surface area contributed by atoms with Gasteiger partial charge in [-0.1, -0.05) is 22.0 Å². The molecule has 0 radical (unpaired) electrons. The normalized spacial score (nSPS) is 22.3. The molecule has 1 aromatic heterocycles. The number of H-pyrrole nitrogens is 1. The number of benzene rings is 1. The zero-order valence-electron chi connectivity index (χ0n) is 11.3. The van der Waals surface area contributed by atoms with Crippen LogP contribution in [0.4, 0.5) is 0 Å². The van der Waals surface area contributed by atoms with E-state index in [-0.39, 0.29) is 0 Å². The molecule has 2 aromatic rings. The second-order valence-electron chi connectivity index (χ2n) is 5.27. The zero-order valence-corrected chi connectivity index (χ0v) is 12.8. The molecule has 1 saturated heterocycles. The maximum Gasteiger partial charge on any atom is 0.124 e. The molecule has 0 aliphatic carbocycles. The van der Waals surface area contributed by atoms with E-state index in [2.05, 4.69) is 42.3 Å². The topological polar surface area (TPSA) is 88.8 Å². The number of aromatic nitrogens is 3. The third-order valence-corrected chi connectivity index (χ3v) is 4.53. The van der Waals surface area contributed by atoms with Crippen LogP contribution < -0.4 is 0 Å². The van der Waals surface area contributed by atoms with E-state index >= 15 is 0 Å². The standard InChI is InChI=1S/C14H14BrN5O/c15-12-5-10(6-16)1-2-11(12)8-20-4-3-14(21,9-20)13-7-17-19-18-13/h1-2,5,7,21H,3-4,8-9H2,(H,17,18,19). The molecule has 3 rings (SSSR count). The van der Waals surface area contributed by atoms with Crippen LogP contribution in [0.2, 0.25) is 0 Å². The Kier molecular flexibility index (Phi) is 3.76. The highest BCUT2D eigenvalue weighted by atomic mass is 79.9. The molecule has 0 saturated carbocycles. The predicted molar refractivity (Wildman–Crippen MR) is 79.0 cm³/mol. The smallest absolute Gasteiger partial charge is 0.124 e. The number of rotatable bonds is 3. The van der Waals surface area contributed by atoms with E-state index in [1.165, 1.54) is 0 Å². The first-order chi connectivity index (χ1) is 10.1. The molecule has 0 amide bonds. The van der Waals surface area contributed by atoms with Crippen molar-refractivity contribution in [3.63, 3.8) is 0 Å². The minimum Gasteiger partial charge on any atom is -0.382 e. The molecule has 21 heavy (non-hydrogen) atoms. The van der Waals surface area contributed by atoms with E-state index < -0.39 is 5.60 Å². The molecule has 0 bridgehead atoms. The molecule has 1 atom stereocenters. The lowest BCUT2D eigenvalue weighted by Crippen LogP contribution is -2.31. The summed E-state index contributed by atoms with van der Waals surface area (Å²) in [7, 11) is 0. The van der Waals surface area contributed by atoms with Gasteiger partial charge in [-0.15, -0.1) is 0 Å². The summed E-state index contributed by atoms with van der Waals surface area (Å²) < 4.78 is 0.915. The molecule has 108 valence electrons. The van der Waals surface area contributed by atoms with Crippen molar-refractivity contribution in [3.05, 3.63) is 45.7 Å². The first-order valence-corrected chi connectivity index (χ1v) is 7.39. The summed E-state index contributed by atoms with van der Waals surface area (Å²) in [5.41, 5.74) is 1.37. The second kappa shape index (κ2) is 5.56. The van der Waals surface area contributed by atoms with Gasteiger partial charge in [-0.3, -0.25) is 4.90 Å². The van der Waals surface area contributed by atoms with Crippen LogP contribution in [0.25, 0.3) is 0 Å². The molecule has 1 aliphatic heterocycles. The Morgan fingerprint density at radius 1 is 1.52 bits per heavy atom. The van der Waals surface area contributed by atoms with Gasteiger partial charge in [0.2, 0.25) is 0 Å². The van der Waals surface area contributed by atoms with Crippen molar-refractivity contribution < 1.29 is 5.11 Å². The van der Waals surface area contributed by atoms with E-state index in [9.17, 15) is 5.11 Å². The maximum atomic E-state index is 10.6. The highest BCUT2D eigenvalue weighted by Crippen LogP contribution is 2.31. The average Bonchev–Trinajstić information content (AvgIpc) is 3.12. The molecule has 1 aliphatic rings. The Balaban J connectivity index is 1.72. The number of halogens is 1. The van der Waals surface area contributed by atoms with Crippen LogP contribution >= 0.6 is 15.9 Å². The SMILES string of the molecule is N#Cc1ccc(CN2CCC(O)(c3cn[nH]n3)C2)c(Br)c1. The van der Waals surface area contributed by atoms with Crippen LogP contribution in [-0.2, 0) is 12.1 Å². The van der Waals surface area contributed by atoms with Crippen LogP contribution in [0, 0.1) is 11.3 Å². The van der Waals surface area contributed by atoms with Crippen molar-refractivity contribution in [2.24, 2.45) is 0 Å². The Hall–Kier alpha value is -1.75. The van der Waals surface area contributed by atoms with Crippen molar-refractivity contribution in [2.45, 2.75) is 18.6 Å². The number of β-amino-alcohol motifs (C(OH)–C–C–N with tert-alkyl or cyclic N) is 1. The first kappa shape index (κ1) is 14.2. The van der Waals surface area contributed by atoms with Crippen LogP contribution in [0.5, 0.6) is 0 Å². The monoisotopic (exact) mass is 347 g/mol. The fourth-order valence-electron chi connectivity index (χ4n) is 2.63. The molecule has 0 spiro atoms. The molecule has 1 aromatic carbocycles. The largest absolute Gasteiger partial charge is 0.382 e. The number of hydrogen-bond donors (Lipinski definition) is 2. The summed E-state index contributed by atoms with van der Waals surface area (Å²) in [6.45, 7) is 2.02. The van der Waals surface area contributed by atoms with Gasteiger partial charge in [-0.2, -0.15) is 20.7 Å². The van der Waals surface area contributed by atoms with Crippen molar-refractivity contribution in [1.82, 2.24) is 20.3 Å². The van der Waals surface area contributed by atoms with E-state index in [0.29, 0.717) is 30.8 Å². The molecule has 1 unspecified atom stereocenters. The highest BCUT2D eigenvalue weighted by Gasteiger charge is 2.39. The first-order valence-electron chi connectivity index (χ1n) is 6.60. The Morgan fingerprint density at radius 3 is 3.05 bits per heavy atom.